The molecule has 1 fully saturated rings. The van der Waals surface area contributed by atoms with Crippen LogP contribution in [0.1, 0.15) is 30.4 Å². The average Bonchev–Trinajstić information content (AvgIpc) is 2.53. The lowest BCUT2D eigenvalue weighted by Crippen LogP contribution is -2.21. The van der Waals surface area contributed by atoms with E-state index in [1.165, 1.54) is 24.1 Å². The molecule has 0 radical (unpaired) electrons. The Balaban J connectivity index is 2.20. The zero-order valence-corrected chi connectivity index (χ0v) is 8.38. The maximum Gasteiger partial charge on any atom is 0.0108 e. The number of nitrogens with one attached hydrogen (secondary N) is 1. The highest BCUT2D eigenvalue weighted by Gasteiger charge is 2.23. The summed E-state index contributed by atoms with van der Waals surface area (Å²) in [4.78, 5) is 0. The maximum absolute atomic E-state index is 3.48. The van der Waals surface area contributed by atoms with Crippen molar-refractivity contribution in [3.8, 4) is 0 Å². The number of rotatable bonds is 1. The van der Waals surface area contributed by atoms with Crippen molar-refractivity contribution in [2.75, 3.05) is 6.54 Å². The molecule has 1 aliphatic heterocycles. The van der Waals surface area contributed by atoms with Crippen LogP contribution in [0.3, 0.4) is 0 Å². The van der Waals surface area contributed by atoms with Crippen LogP contribution in [-0.4, -0.2) is 12.6 Å². The molecule has 2 unspecified atom stereocenters. The minimum absolute atomic E-state index is 0.641. The lowest BCUT2D eigenvalue weighted by molar-refractivity contribution is 0.594. The topological polar surface area (TPSA) is 12.0 Å². The number of hydrogen-bond donors (Lipinski definition) is 1. The first-order valence-electron chi connectivity index (χ1n) is 5.07. The summed E-state index contributed by atoms with van der Waals surface area (Å²) >= 11 is 0. The smallest absolute Gasteiger partial charge is 0.0108 e. The van der Waals surface area contributed by atoms with Gasteiger partial charge in [-0.3, -0.25) is 0 Å². The average molecular weight is 175 g/mol. The van der Waals surface area contributed by atoms with Crippen LogP contribution in [0.4, 0.5) is 0 Å². The van der Waals surface area contributed by atoms with E-state index in [0.29, 0.717) is 6.04 Å². The molecule has 0 aliphatic carbocycles. The monoisotopic (exact) mass is 175 g/mol. The Labute approximate surface area is 80.2 Å². The van der Waals surface area contributed by atoms with E-state index in [4.69, 9.17) is 0 Å². The molecule has 0 amide bonds. The standard InChI is InChI=1S/C12H17N/c1-9-3-5-11(6-4-9)12-7-8-13-10(12)2/h3-6,10,12-13H,7-8H2,1-2H3. The van der Waals surface area contributed by atoms with E-state index in [9.17, 15) is 0 Å². The molecule has 1 nitrogen and oxygen atoms in total. The summed E-state index contributed by atoms with van der Waals surface area (Å²) in [6.07, 6.45) is 1.28. The van der Waals surface area contributed by atoms with E-state index in [1.807, 2.05) is 0 Å². The van der Waals surface area contributed by atoms with E-state index < -0.39 is 0 Å². The van der Waals surface area contributed by atoms with Gasteiger partial charge in [0.25, 0.3) is 0 Å². The van der Waals surface area contributed by atoms with Gasteiger partial charge in [-0.15, -0.1) is 0 Å². The molecule has 1 aliphatic rings. The molecular weight excluding hydrogens is 158 g/mol. The largest absolute Gasteiger partial charge is 0.314 e. The number of aryl methyl sites for hydroxylation is 1. The van der Waals surface area contributed by atoms with Crippen molar-refractivity contribution in [2.24, 2.45) is 0 Å². The van der Waals surface area contributed by atoms with Crippen LogP contribution in [-0.2, 0) is 0 Å². The summed E-state index contributed by atoms with van der Waals surface area (Å²) < 4.78 is 0. The first-order chi connectivity index (χ1) is 6.27. The van der Waals surface area contributed by atoms with Crippen molar-refractivity contribution >= 4 is 0 Å². The van der Waals surface area contributed by atoms with Gasteiger partial charge in [0.15, 0.2) is 0 Å². The molecule has 0 bridgehead atoms. The van der Waals surface area contributed by atoms with E-state index >= 15 is 0 Å². The van der Waals surface area contributed by atoms with Gasteiger partial charge in [-0.1, -0.05) is 29.8 Å². The summed E-state index contributed by atoms with van der Waals surface area (Å²) in [6.45, 7) is 5.58. The molecule has 0 aromatic heterocycles. The van der Waals surface area contributed by atoms with Crippen molar-refractivity contribution in [3.63, 3.8) is 0 Å². The molecule has 1 saturated heterocycles. The second-order valence-corrected chi connectivity index (χ2v) is 4.05. The van der Waals surface area contributed by atoms with Crippen molar-refractivity contribution in [1.82, 2.24) is 5.32 Å². The summed E-state index contributed by atoms with van der Waals surface area (Å²) in [5, 5.41) is 3.48. The number of benzene rings is 1. The molecule has 70 valence electrons. The molecule has 2 rings (SSSR count). The second kappa shape index (κ2) is 3.51. The fourth-order valence-corrected chi connectivity index (χ4v) is 2.13. The fraction of sp³-hybridized carbons (Fsp3) is 0.500. The third-order valence-electron chi connectivity index (χ3n) is 3.03. The second-order valence-electron chi connectivity index (χ2n) is 4.05. The van der Waals surface area contributed by atoms with Gasteiger partial charge < -0.3 is 5.32 Å². The molecule has 1 heterocycles. The summed E-state index contributed by atoms with van der Waals surface area (Å²) in [7, 11) is 0. The van der Waals surface area contributed by atoms with Gasteiger partial charge in [0.1, 0.15) is 0 Å². The molecule has 0 spiro atoms. The van der Waals surface area contributed by atoms with Crippen molar-refractivity contribution in [3.05, 3.63) is 35.4 Å². The Morgan fingerprint density at radius 2 is 1.92 bits per heavy atom. The Hall–Kier alpha value is -0.820. The molecule has 13 heavy (non-hydrogen) atoms. The fourth-order valence-electron chi connectivity index (χ4n) is 2.13. The maximum atomic E-state index is 3.48. The highest BCUT2D eigenvalue weighted by Crippen LogP contribution is 2.27. The van der Waals surface area contributed by atoms with E-state index in [1.54, 1.807) is 0 Å². The number of hydrogen-bond acceptors (Lipinski definition) is 1. The van der Waals surface area contributed by atoms with Crippen LogP contribution in [0.25, 0.3) is 0 Å². The van der Waals surface area contributed by atoms with E-state index in [0.717, 1.165) is 5.92 Å². The van der Waals surface area contributed by atoms with Gasteiger partial charge in [-0.05, 0) is 32.4 Å². The van der Waals surface area contributed by atoms with Crippen LogP contribution in [0.15, 0.2) is 24.3 Å². The van der Waals surface area contributed by atoms with Gasteiger partial charge in [0.2, 0.25) is 0 Å². The third-order valence-corrected chi connectivity index (χ3v) is 3.03. The summed E-state index contributed by atoms with van der Waals surface area (Å²) in [5.41, 5.74) is 2.84. The molecular formula is C12H17N. The van der Waals surface area contributed by atoms with Crippen molar-refractivity contribution < 1.29 is 0 Å². The zero-order chi connectivity index (χ0) is 9.26. The quantitative estimate of drug-likeness (QED) is 0.691. The molecule has 1 aromatic carbocycles. The van der Waals surface area contributed by atoms with Gasteiger partial charge in [-0.2, -0.15) is 0 Å². The van der Waals surface area contributed by atoms with E-state index in [2.05, 4.69) is 43.4 Å². The first kappa shape index (κ1) is 8.76. The van der Waals surface area contributed by atoms with Crippen molar-refractivity contribution in [2.45, 2.75) is 32.2 Å². The summed E-state index contributed by atoms with van der Waals surface area (Å²) in [6, 6.07) is 9.59. The van der Waals surface area contributed by atoms with Gasteiger partial charge >= 0.3 is 0 Å². The molecule has 1 N–H and O–H groups in total. The minimum atomic E-state index is 0.641. The lowest BCUT2D eigenvalue weighted by atomic mass is 9.92. The third kappa shape index (κ3) is 1.75. The predicted molar refractivity (Wildman–Crippen MR) is 56.0 cm³/mol. The highest BCUT2D eigenvalue weighted by atomic mass is 14.9. The summed E-state index contributed by atoms with van der Waals surface area (Å²) in [5.74, 6) is 0.723. The Morgan fingerprint density at radius 3 is 2.46 bits per heavy atom. The Morgan fingerprint density at radius 1 is 1.23 bits per heavy atom. The van der Waals surface area contributed by atoms with Crippen LogP contribution in [0.5, 0.6) is 0 Å². The minimum Gasteiger partial charge on any atom is -0.314 e. The van der Waals surface area contributed by atoms with Gasteiger partial charge in [0.05, 0.1) is 0 Å². The van der Waals surface area contributed by atoms with Crippen LogP contribution >= 0.6 is 0 Å². The first-order valence-corrected chi connectivity index (χ1v) is 5.07. The zero-order valence-electron chi connectivity index (χ0n) is 8.38. The lowest BCUT2D eigenvalue weighted by Gasteiger charge is -2.15. The van der Waals surface area contributed by atoms with Gasteiger partial charge in [0, 0.05) is 12.0 Å². The van der Waals surface area contributed by atoms with Gasteiger partial charge in [-0.25, -0.2) is 0 Å². The SMILES string of the molecule is Cc1ccc(C2CCNC2C)cc1. The van der Waals surface area contributed by atoms with E-state index in [-0.39, 0.29) is 0 Å². The van der Waals surface area contributed by atoms with Crippen LogP contribution in [0, 0.1) is 6.92 Å². The Bertz CT molecular complexity index is 276. The molecule has 0 saturated carbocycles. The molecule has 2 atom stereocenters. The van der Waals surface area contributed by atoms with Crippen LogP contribution < -0.4 is 5.32 Å². The molecule has 1 aromatic rings. The normalized spacial score (nSPS) is 27.8. The predicted octanol–water partition coefficient (Wildman–Crippen LogP) is 2.46. The highest BCUT2D eigenvalue weighted by molar-refractivity contribution is 5.26. The Kier molecular flexibility index (Phi) is 2.36. The molecule has 1 heteroatoms. The van der Waals surface area contributed by atoms with Crippen LogP contribution in [0.2, 0.25) is 0 Å². The van der Waals surface area contributed by atoms with Crippen molar-refractivity contribution in [1.29, 1.82) is 0 Å².